The molecule has 0 saturated heterocycles. The van der Waals surface area contributed by atoms with E-state index in [1.807, 2.05) is 0 Å². The van der Waals surface area contributed by atoms with Crippen molar-refractivity contribution in [2.24, 2.45) is 0 Å². The molecule has 3 aliphatic rings. The van der Waals surface area contributed by atoms with Gasteiger partial charge in [-0.05, 0) is 149 Å². The van der Waals surface area contributed by atoms with Crippen molar-refractivity contribution in [3.05, 3.63) is 186 Å². The topological polar surface area (TPSA) is 24.9 Å². The molecule has 8 aromatic carbocycles. The smallest absolute Gasteiger partial charge is 0.252 e. The van der Waals surface area contributed by atoms with Crippen LogP contribution in [0.3, 0.4) is 0 Å². The van der Waals surface area contributed by atoms with Crippen LogP contribution < -0.4 is 35.7 Å². The quantitative estimate of drug-likeness (QED) is 0.161. The number of hydrogen-bond acceptors (Lipinski definition) is 4. The third-order valence-corrected chi connectivity index (χ3v) is 15.1. The monoisotopic (exact) mass is 931 g/mol. The molecule has 0 amide bonds. The summed E-state index contributed by atoms with van der Waals surface area (Å²) in [5, 5.41) is 0. The van der Waals surface area contributed by atoms with Gasteiger partial charge in [0.15, 0.2) is 11.5 Å². The van der Waals surface area contributed by atoms with Crippen molar-refractivity contribution in [1.29, 1.82) is 0 Å². The number of hydrogen-bond donors (Lipinski definition) is 0. The standard InChI is InChI=1S/C66H67BN2O2/c1-41-31-58-62-59(32-41)69(57-39-61-60(70-40-71-61)38-52(57)44-17-15-14-16-18-44)56-30-28-50(66(11,12)13)37-54(56)67(62)53-36-49(65(8,9)10)27-29-55(53)68(58)51-34-45(42-19-23-47(24-20-42)63(2,3)4)33-46(35-51)43-21-25-48(26-22-43)64(5,6)7/h14-39H,40H2,1-13H3. The Labute approximate surface area is 423 Å². The summed E-state index contributed by atoms with van der Waals surface area (Å²) >= 11 is 0. The predicted molar refractivity (Wildman–Crippen MR) is 302 cm³/mol. The highest BCUT2D eigenvalue weighted by Gasteiger charge is 2.45. The van der Waals surface area contributed by atoms with Gasteiger partial charge in [0.2, 0.25) is 6.79 Å². The maximum Gasteiger partial charge on any atom is 0.252 e. The van der Waals surface area contributed by atoms with Gasteiger partial charge in [0, 0.05) is 40.1 Å². The lowest BCUT2D eigenvalue weighted by Crippen LogP contribution is -2.61. The third kappa shape index (κ3) is 8.22. The highest BCUT2D eigenvalue weighted by Crippen LogP contribution is 2.51. The van der Waals surface area contributed by atoms with Crippen molar-refractivity contribution in [3.8, 4) is 44.9 Å². The minimum absolute atomic E-state index is 0.0468. The first-order valence-corrected chi connectivity index (χ1v) is 25.5. The normalized spacial score (nSPS) is 14.1. The molecule has 0 atom stereocenters. The van der Waals surface area contributed by atoms with Gasteiger partial charge in [0.1, 0.15) is 0 Å². The molecule has 3 heterocycles. The van der Waals surface area contributed by atoms with Gasteiger partial charge in [0.05, 0.1) is 5.69 Å². The molecular formula is C66H67BN2O2. The molecule has 11 rings (SSSR count). The van der Waals surface area contributed by atoms with Crippen molar-refractivity contribution < 1.29 is 9.47 Å². The molecular weight excluding hydrogens is 864 g/mol. The van der Waals surface area contributed by atoms with Gasteiger partial charge < -0.3 is 19.3 Å². The van der Waals surface area contributed by atoms with Crippen LogP contribution >= 0.6 is 0 Å². The summed E-state index contributed by atoms with van der Waals surface area (Å²) in [6, 6.07) is 60.2. The van der Waals surface area contributed by atoms with Crippen LogP contribution in [0.15, 0.2) is 158 Å². The Morgan fingerprint density at radius 2 is 0.831 bits per heavy atom. The van der Waals surface area contributed by atoms with Crippen molar-refractivity contribution in [1.82, 2.24) is 0 Å². The number of rotatable bonds is 5. The number of fused-ring (bicyclic) bond motifs is 5. The van der Waals surface area contributed by atoms with E-state index in [1.165, 1.54) is 89.2 Å². The Bertz CT molecular complexity index is 3300. The SMILES string of the molecule is Cc1cc2c3c(c1)N(c1cc4c(cc1-c1ccccc1)OCO4)c1ccc(C(C)(C)C)cc1B3c1cc(C(C)(C)C)ccc1N2c1cc(-c2ccc(C(C)(C)C)cc2)cc(-c2ccc(C(C)(C)C)cc2)c1. The molecule has 356 valence electrons. The molecule has 0 aromatic heterocycles. The first-order chi connectivity index (χ1) is 33.6. The maximum atomic E-state index is 6.21. The van der Waals surface area contributed by atoms with E-state index >= 15 is 0 Å². The molecule has 0 unspecified atom stereocenters. The van der Waals surface area contributed by atoms with E-state index in [9.17, 15) is 0 Å². The van der Waals surface area contributed by atoms with E-state index < -0.39 is 0 Å². The second-order valence-corrected chi connectivity index (χ2v) is 24.4. The van der Waals surface area contributed by atoms with E-state index in [0.717, 1.165) is 34.0 Å². The molecule has 0 saturated carbocycles. The summed E-state index contributed by atoms with van der Waals surface area (Å²) in [6.45, 7) is 30.1. The van der Waals surface area contributed by atoms with Crippen LogP contribution in [0.25, 0.3) is 33.4 Å². The molecule has 0 spiro atoms. The van der Waals surface area contributed by atoms with Crippen LogP contribution in [0.4, 0.5) is 34.1 Å². The Kier molecular flexibility index (Phi) is 10.8. The van der Waals surface area contributed by atoms with E-state index in [-0.39, 0.29) is 35.2 Å². The van der Waals surface area contributed by atoms with Gasteiger partial charge in [0.25, 0.3) is 6.71 Å². The Balaban J connectivity index is 1.22. The van der Waals surface area contributed by atoms with E-state index in [4.69, 9.17) is 9.47 Å². The van der Waals surface area contributed by atoms with Crippen molar-refractivity contribution in [2.75, 3.05) is 16.6 Å². The van der Waals surface area contributed by atoms with Gasteiger partial charge >= 0.3 is 0 Å². The van der Waals surface area contributed by atoms with Crippen LogP contribution in [0.1, 0.15) is 111 Å². The summed E-state index contributed by atoms with van der Waals surface area (Å²) in [6.07, 6.45) is 0. The molecule has 5 heteroatoms. The highest BCUT2D eigenvalue weighted by atomic mass is 16.7. The van der Waals surface area contributed by atoms with Gasteiger partial charge in [-0.1, -0.05) is 186 Å². The fourth-order valence-corrected chi connectivity index (χ4v) is 11.0. The molecule has 8 aromatic rings. The predicted octanol–water partition coefficient (Wildman–Crippen LogP) is 16.0. The Morgan fingerprint density at radius 3 is 1.32 bits per heavy atom. The van der Waals surface area contributed by atoms with Crippen LogP contribution in [0.2, 0.25) is 0 Å². The zero-order chi connectivity index (χ0) is 49.9. The van der Waals surface area contributed by atoms with Crippen LogP contribution in [0, 0.1) is 6.92 Å². The molecule has 0 N–H and O–H groups in total. The minimum atomic E-state index is -0.0754. The largest absolute Gasteiger partial charge is 0.454 e. The average molecular weight is 931 g/mol. The second-order valence-electron chi connectivity index (χ2n) is 24.4. The summed E-state index contributed by atoms with van der Waals surface area (Å²) in [4.78, 5) is 5.11. The second kappa shape index (κ2) is 16.6. The fourth-order valence-electron chi connectivity index (χ4n) is 11.0. The molecule has 0 bridgehead atoms. The number of anilines is 6. The summed E-state index contributed by atoms with van der Waals surface area (Å²) < 4.78 is 12.3. The summed E-state index contributed by atoms with van der Waals surface area (Å²) in [5.74, 6) is 1.53. The molecule has 4 nitrogen and oxygen atoms in total. The van der Waals surface area contributed by atoms with Gasteiger partial charge in [-0.2, -0.15) is 0 Å². The van der Waals surface area contributed by atoms with Gasteiger partial charge in [-0.3, -0.25) is 0 Å². The minimum Gasteiger partial charge on any atom is -0.454 e. The summed E-state index contributed by atoms with van der Waals surface area (Å²) in [5.41, 5.74) is 24.2. The molecule has 0 radical (unpaired) electrons. The number of nitrogens with zero attached hydrogens (tertiary/aromatic N) is 2. The van der Waals surface area contributed by atoms with E-state index in [2.05, 4.69) is 258 Å². The Morgan fingerprint density at radius 1 is 0.380 bits per heavy atom. The molecule has 3 aliphatic heterocycles. The van der Waals surface area contributed by atoms with Crippen molar-refractivity contribution >= 4 is 57.2 Å². The first-order valence-electron chi connectivity index (χ1n) is 25.5. The van der Waals surface area contributed by atoms with Crippen molar-refractivity contribution in [3.63, 3.8) is 0 Å². The summed E-state index contributed by atoms with van der Waals surface area (Å²) in [7, 11) is 0. The highest BCUT2D eigenvalue weighted by molar-refractivity contribution is 7.00. The Hall–Kier alpha value is -6.98. The first kappa shape index (κ1) is 46.4. The van der Waals surface area contributed by atoms with Crippen LogP contribution in [0.5, 0.6) is 11.5 Å². The zero-order valence-electron chi connectivity index (χ0n) is 44.0. The third-order valence-electron chi connectivity index (χ3n) is 15.1. The average Bonchev–Trinajstić information content (AvgIpc) is 3.80. The fraction of sp³-hybridized carbons (Fsp3) is 0.273. The zero-order valence-corrected chi connectivity index (χ0v) is 44.0. The van der Waals surface area contributed by atoms with E-state index in [1.54, 1.807) is 0 Å². The lowest BCUT2D eigenvalue weighted by Gasteiger charge is -2.45. The van der Waals surface area contributed by atoms with Crippen molar-refractivity contribution in [2.45, 2.75) is 112 Å². The van der Waals surface area contributed by atoms with Gasteiger partial charge in [-0.15, -0.1) is 0 Å². The molecule has 0 aliphatic carbocycles. The maximum absolute atomic E-state index is 6.21. The molecule has 71 heavy (non-hydrogen) atoms. The van der Waals surface area contributed by atoms with E-state index in [0.29, 0.717) is 0 Å². The lowest BCUT2D eigenvalue weighted by molar-refractivity contribution is 0.174. The number of ether oxygens (including phenoxy) is 2. The number of benzene rings is 8. The van der Waals surface area contributed by atoms with Gasteiger partial charge in [-0.25, -0.2) is 0 Å². The molecule has 0 fully saturated rings. The van der Waals surface area contributed by atoms with Crippen LogP contribution in [-0.4, -0.2) is 13.5 Å². The lowest BCUT2D eigenvalue weighted by atomic mass is 9.33. The van der Waals surface area contributed by atoms with Crippen LogP contribution in [-0.2, 0) is 21.7 Å². The number of aryl methyl sites for hydroxylation is 1.